The molecule has 0 saturated heterocycles. The molecule has 0 saturated carbocycles. The first-order valence-electron chi connectivity index (χ1n) is 5.64. The summed E-state index contributed by atoms with van der Waals surface area (Å²) in [4.78, 5) is -0.0352. The highest BCUT2D eigenvalue weighted by atomic mass is 35.5. The number of methoxy groups -OCH3 is 1. The molecule has 1 N–H and O–H groups in total. The van der Waals surface area contributed by atoms with E-state index in [2.05, 4.69) is 4.72 Å². The summed E-state index contributed by atoms with van der Waals surface area (Å²) in [5.41, 5.74) is 0.303. The zero-order valence-corrected chi connectivity index (χ0v) is 13.8. The van der Waals surface area contributed by atoms with Crippen LogP contribution in [-0.4, -0.2) is 15.5 Å². The molecule has 0 aliphatic heterocycles. The highest BCUT2D eigenvalue weighted by Gasteiger charge is 2.16. The van der Waals surface area contributed by atoms with Crippen LogP contribution in [0.2, 0.25) is 15.1 Å². The molecule has 0 spiro atoms. The second-order valence-electron chi connectivity index (χ2n) is 4.06. The first-order valence-corrected chi connectivity index (χ1v) is 8.26. The van der Waals surface area contributed by atoms with Crippen molar-refractivity contribution < 1.29 is 13.2 Å². The van der Waals surface area contributed by atoms with Crippen LogP contribution in [0.5, 0.6) is 5.75 Å². The van der Waals surface area contributed by atoms with Gasteiger partial charge in [0.25, 0.3) is 10.0 Å². The number of hydrogen-bond donors (Lipinski definition) is 1. The third-order valence-electron chi connectivity index (χ3n) is 2.55. The van der Waals surface area contributed by atoms with E-state index in [1.807, 2.05) is 0 Å². The topological polar surface area (TPSA) is 55.4 Å². The van der Waals surface area contributed by atoms with E-state index in [-0.39, 0.29) is 14.9 Å². The fraction of sp³-hybridized carbons (Fsp3) is 0.0769. The predicted octanol–water partition coefficient (Wildman–Crippen LogP) is 4.46. The van der Waals surface area contributed by atoms with Gasteiger partial charge in [0.15, 0.2) is 0 Å². The van der Waals surface area contributed by atoms with Gasteiger partial charge in [-0.1, -0.05) is 34.8 Å². The number of rotatable bonds is 4. The summed E-state index contributed by atoms with van der Waals surface area (Å²) in [5, 5.41) is 0.758. The van der Waals surface area contributed by atoms with Crippen LogP contribution in [0.1, 0.15) is 0 Å². The van der Waals surface area contributed by atoms with Crippen LogP contribution >= 0.6 is 34.8 Å². The zero-order valence-electron chi connectivity index (χ0n) is 10.7. The standard InChI is InChI=1S/C13H10Cl3NO3S/c1-20-13-3-2-10(7-12(13)16)17-21(18,19)11-5-8(14)4-9(15)6-11/h2-7,17H,1H3. The molecule has 0 fully saturated rings. The highest BCUT2D eigenvalue weighted by Crippen LogP contribution is 2.29. The van der Waals surface area contributed by atoms with E-state index >= 15 is 0 Å². The van der Waals surface area contributed by atoms with Gasteiger partial charge in [0.1, 0.15) is 5.75 Å². The molecule has 0 atom stereocenters. The average molecular weight is 367 g/mol. The van der Waals surface area contributed by atoms with Crippen LogP contribution in [0.25, 0.3) is 0 Å². The maximum Gasteiger partial charge on any atom is 0.261 e. The van der Waals surface area contributed by atoms with Crippen molar-refractivity contribution in [3.05, 3.63) is 51.5 Å². The lowest BCUT2D eigenvalue weighted by Crippen LogP contribution is -2.13. The maximum atomic E-state index is 12.3. The number of halogens is 3. The van der Waals surface area contributed by atoms with Crippen LogP contribution in [0.4, 0.5) is 5.69 Å². The molecule has 4 nitrogen and oxygen atoms in total. The summed E-state index contributed by atoms with van der Waals surface area (Å²) in [7, 11) is -2.34. The number of hydrogen-bond acceptors (Lipinski definition) is 3. The molecule has 2 aromatic rings. The Kier molecular flexibility index (Phi) is 4.88. The lowest BCUT2D eigenvalue weighted by Gasteiger charge is -2.10. The van der Waals surface area contributed by atoms with Gasteiger partial charge in [-0.3, -0.25) is 4.72 Å². The van der Waals surface area contributed by atoms with Crippen molar-refractivity contribution in [2.45, 2.75) is 4.90 Å². The number of anilines is 1. The molecule has 8 heteroatoms. The lowest BCUT2D eigenvalue weighted by atomic mass is 10.3. The first kappa shape index (κ1) is 16.2. The Morgan fingerprint density at radius 2 is 1.62 bits per heavy atom. The largest absolute Gasteiger partial charge is 0.495 e. The molecule has 0 radical (unpaired) electrons. The third kappa shape index (κ3) is 3.95. The van der Waals surface area contributed by atoms with E-state index in [1.165, 1.54) is 37.4 Å². The molecule has 2 rings (SSSR count). The number of benzene rings is 2. The SMILES string of the molecule is COc1ccc(NS(=O)(=O)c2cc(Cl)cc(Cl)c2)cc1Cl. The molecule has 0 aliphatic rings. The molecular formula is C13H10Cl3NO3S. The van der Waals surface area contributed by atoms with E-state index in [9.17, 15) is 8.42 Å². The van der Waals surface area contributed by atoms with Gasteiger partial charge in [0, 0.05) is 10.0 Å². The van der Waals surface area contributed by atoms with E-state index in [1.54, 1.807) is 6.07 Å². The van der Waals surface area contributed by atoms with Gasteiger partial charge in [-0.2, -0.15) is 0 Å². The van der Waals surface area contributed by atoms with Crippen molar-refractivity contribution in [1.29, 1.82) is 0 Å². The lowest BCUT2D eigenvalue weighted by molar-refractivity contribution is 0.415. The summed E-state index contributed by atoms with van der Waals surface area (Å²) in [6, 6.07) is 8.61. The second kappa shape index (κ2) is 6.32. The second-order valence-corrected chi connectivity index (χ2v) is 7.02. The summed E-state index contributed by atoms with van der Waals surface area (Å²) < 4.78 is 31.9. The van der Waals surface area contributed by atoms with Gasteiger partial charge >= 0.3 is 0 Å². The van der Waals surface area contributed by atoms with Crippen LogP contribution in [-0.2, 0) is 10.0 Å². The van der Waals surface area contributed by atoms with Crippen LogP contribution in [0.3, 0.4) is 0 Å². The Morgan fingerprint density at radius 3 is 2.14 bits per heavy atom. The molecule has 0 amide bonds. The summed E-state index contributed by atoms with van der Waals surface area (Å²) in [6.45, 7) is 0. The molecule has 0 aromatic heterocycles. The number of nitrogens with one attached hydrogen (secondary N) is 1. The van der Waals surface area contributed by atoms with E-state index < -0.39 is 10.0 Å². The maximum absolute atomic E-state index is 12.3. The molecule has 0 aliphatic carbocycles. The van der Waals surface area contributed by atoms with E-state index in [0.29, 0.717) is 16.5 Å². The Hall–Kier alpha value is -1.14. The average Bonchev–Trinajstić information content (AvgIpc) is 2.37. The van der Waals surface area contributed by atoms with Gasteiger partial charge in [0.2, 0.25) is 0 Å². The Balaban J connectivity index is 2.35. The molecule has 0 heterocycles. The van der Waals surface area contributed by atoms with Gasteiger partial charge in [0.05, 0.1) is 22.7 Å². The van der Waals surface area contributed by atoms with Crippen molar-refractivity contribution >= 4 is 50.5 Å². The summed E-state index contributed by atoms with van der Waals surface area (Å²) in [5.74, 6) is 0.449. The van der Waals surface area contributed by atoms with Gasteiger partial charge in [-0.25, -0.2) is 8.42 Å². The van der Waals surface area contributed by atoms with E-state index in [0.717, 1.165) is 0 Å². The van der Waals surface area contributed by atoms with E-state index in [4.69, 9.17) is 39.5 Å². The van der Waals surface area contributed by atoms with Gasteiger partial charge < -0.3 is 4.74 Å². The third-order valence-corrected chi connectivity index (χ3v) is 4.64. The molecule has 2 aromatic carbocycles. The first-order chi connectivity index (χ1) is 9.81. The monoisotopic (exact) mass is 365 g/mol. The fourth-order valence-electron chi connectivity index (χ4n) is 1.63. The number of sulfonamides is 1. The minimum atomic E-state index is -3.81. The quantitative estimate of drug-likeness (QED) is 0.869. The van der Waals surface area contributed by atoms with Crippen LogP contribution in [0, 0.1) is 0 Å². The molecule has 21 heavy (non-hydrogen) atoms. The normalized spacial score (nSPS) is 11.2. The Labute approximate surface area is 137 Å². The van der Waals surface area contributed by atoms with Crippen molar-refractivity contribution in [3.63, 3.8) is 0 Å². The van der Waals surface area contributed by atoms with Crippen molar-refractivity contribution in [3.8, 4) is 5.75 Å². The molecule has 0 bridgehead atoms. The molecule has 112 valence electrons. The number of ether oxygens (including phenoxy) is 1. The van der Waals surface area contributed by atoms with Crippen LogP contribution < -0.4 is 9.46 Å². The van der Waals surface area contributed by atoms with Crippen LogP contribution in [0.15, 0.2) is 41.3 Å². The summed E-state index contributed by atoms with van der Waals surface area (Å²) in [6.07, 6.45) is 0. The molecule has 0 unspecified atom stereocenters. The highest BCUT2D eigenvalue weighted by molar-refractivity contribution is 7.92. The minimum absolute atomic E-state index is 0.0352. The Bertz CT molecular complexity index is 758. The Morgan fingerprint density at radius 1 is 1.00 bits per heavy atom. The zero-order chi connectivity index (χ0) is 15.6. The molecular weight excluding hydrogens is 357 g/mol. The minimum Gasteiger partial charge on any atom is -0.495 e. The summed E-state index contributed by atoms with van der Waals surface area (Å²) >= 11 is 17.6. The predicted molar refractivity (Wildman–Crippen MR) is 85.3 cm³/mol. The van der Waals surface area contributed by atoms with Crippen molar-refractivity contribution in [2.75, 3.05) is 11.8 Å². The van der Waals surface area contributed by atoms with Gasteiger partial charge in [-0.15, -0.1) is 0 Å². The van der Waals surface area contributed by atoms with Crippen molar-refractivity contribution in [1.82, 2.24) is 0 Å². The smallest absolute Gasteiger partial charge is 0.261 e. The van der Waals surface area contributed by atoms with Crippen molar-refractivity contribution in [2.24, 2.45) is 0 Å². The van der Waals surface area contributed by atoms with Gasteiger partial charge in [-0.05, 0) is 36.4 Å². The fourth-order valence-corrected chi connectivity index (χ4v) is 3.66.